The quantitative estimate of drug-likeness (QED) is 0.687. The molecule has 4 unspecified atom stereocenters. The molecule has 0 N–H and O–H groups in total. The van der Waals surface area contributed by atoms with Crippen LogP contribution < -0.4 is 0 Å². The fraction of sp³-hybridized carbons (Fsp3) is 1.00. The second kappa shape index (κ2) is 5.51. The summed E-state index contributed by atoms with van der Waals surface area (Å²) >= 11 is 1.61. The highest BCUT2D eigenvalue weighted by molar-refractivity contribution is 8.00. The zero-order chi connectivity index (χ0) is 10.7. The highest BCUT2D eigenvalue weighted by atomic mass is 32.2. The highest BCUT2D eigenvalue weighted by Gasteiger charge is 2.32. The first-order valence-electron chi connectivity index (χ1n) is 6.21. The zero-order valence-electron chi connectivity index (χ0n) is 9.13. The van der Waals surface area contributed by atoms with E-state index in [0.29, 0.717) is 12.8 Å². The van der Waals surface area contributed by atoms with Crippen molar-refractivity contribution in [3.8, 4) is 0 Å². The third kappa shape index (κ3) is 3.08. The zero-order valence-corrected chi connectivity index (χ0v) is 9.95. The first-order valence-corrected chi connectivity index (χ1v) is 7.15. The van der Waals surface area contributed by atoms with Gasteiger partial charge in [-0.05, 0) is 25.7 Å². The summed E-state index contributed by atoms with van der Waals surface area (Å²) in [5.41, 5.74) is 0. The average Bonchev–Trinajstić information content (AvgIpc) is 2.24. The van der Waals surface area contributed by atoms with Crippen molar-refractivity contribution in [3.63, 3.8) is 0 Å². The summed E-state index contributed by atoms with van der Waals surface area (Å²) < 4.78 is 27.2. The van der Waals surface area contributed by atoms with Crippen LogP contribution >= 0.6 is 11.8 Å². The lowest BCUT2D eigenvalue weighted by atomic mass is 9.98. The number of hydrogen-bond donors (Lipinski definition) is 0. The molecule has 2 aliphatic carbocycles. The van der Waals surface area contributed by atoms with Crippen LogP contribution in [0, 0.1) is 0 Å². The van der Waals surface area contributed by atoms with Crippen molar-refractivity contribution < 1.29 is 8.78 Å². The largest absolute Gasteiger partial charge is 0.246 e. The molecule has 88 valence electrons. The van der Waals surface area contributed by atoms with Gasteiger partial charge < -0.3 is 0 Å². The van der Waals surface area contributed by atoms with Crippen LogP contribution in [0.3, 0.4) is 0 Å². The van der Waals surface area contributed by atoms with E-state index in [-0.39, 0.29) is 10.5 Å². The molecule has 0 heterocycles. The number of thioether (sulfide) groups is 1. The molecule has 0 amide bonds. The third-order valence-corrected chi connectivity index (χ3v) is 5.35. The van der Waals surface area contributed by atoms with E-state index in [0.717, 1.165) is 38.5 Å². The van der Waals surface area contributed by atoms with E-state index >= 15 is 0 Å². The van der Waals surface area contributed by atoms with Gasteiger partial charge in [0.05, 0.1) is 0 Å². The Kier molecular flexibility index (Phi) is 4.30. The Bertz CT molecular complexity index is 178. The molecule has 0 aromatic heterocycles. The maximum atomic E-state index is 13.6. The van der Waals surface area contributed by atoms with E-state index in [1.54, 1.807) is 11.8 Å². The molecule has 4 atom stereocenters. The van der Waals surface area contributed by atoms with Gasteiger partial charge in [-0.25, -0.2) is 8.78 Å². The summed E-state index contributed by atoms with van der Waals surface area (Å²) in [5, 5.41) is 0.167. The van der Waals surface area contributed by atoms with Crippen molar-refractivity contribution in [1.82, 2.24) is 0 Å². The number of hydrogen-bond acceptors (Lipinski definition) is 1. The van der Waals surface area contributed by atoms with Crippen LogP contribution in [0.25, 0.3) is 0 Å². The normalized spacial score (nSPS) is 42.8. The molecule has 0 aromatic rings. The van der Waals surface area contributed by atoms with Crippen molar-refractivity contribution in [2.45, 2.75) is 74.2 Å². The summed E-state index contributed by atoms with van der Waals surface area (Å²) in [6.45, 7) is 0. The first-order chi connectivity index (χ1) is 7.27. The fourth-order valence-electron chi connectivity index (χ4n) is 2.63. The van der Waals surface area contributed by atoms with Gasteiger partial charge >= 0.3 is 0 Å². The van der Waals surface area contributed by atoms with Gasteiger partial charge in [0.1, 0.15) is 12.3 Å². The van der Waals surface area contributed by atoms with Gasteiger partial charge in [0.15, 0.2) is 0 Å². The summed E-state index contributed by atoms with van der Waals surface area (Å²) in [6.07, 6.45) is 6.22. The Labute approximate surface area is 95.2 Å². The number of halogens is 2. The van der Waals surface area contributed by atoms with E-state index < -0.39 is 12.3 Å². The molecule has 0 aliphatic heterocycles. The predicted molar refractivity (Wildman–Crippen MR) is 61.9 cm³/mol. The summed E-state index contributed by atoms with van der Waals surface area (Å²) in [6, 6.07) is 0. The van der Waals surface area contributed by atoms with Gasteiger partial charge in [0, 0.05) is 10.5 Å². The lowest BCUT2D eigenvalue weighted by molar-refractivity contribution is 0.246. The molecule has 0 radical (unpaired) electrons. The summed E-state index contributed by atoms with van der Waals surface area (Å²) in [7, 11) is 0. The molecule has 3 heteroatoms. The maximum absolute atomic E-state index is 13.6. The maximum Gasteiger partial charge on any atom is 0.112 e. The minimum atomic E-state index is -0.683. The van der Waals surface area contributed by atoms with Crippen molar-refractivity contribution in [2.75, 3.05) is 0 Å². The highest BCUT2D eigenvalue weighted by Crippen LogP contribution is 2.39. The minimum absolute atomic E-state index is 0.0834. The minimum Gasteiger partial charge on any atom is -0.246 e. The van der Waals surface area contributed by atoms with Gasteiger partial charge in [-0.2, -0.15) is 0 Å². The van der Waals surface area contributed by atoms with Crippen LogP contribution in [0.4, 0.5) is 8.78 Å². The molecule has 0 aromatic carbocycles. The average molecular weight is 234 g/mol. The molecular weight excluding hydrogens is 214 g/mol. The van der Waals surface area contributed by atoms with E-state index in [4.69, 9.17) is 0 Å². The van der Waals surface area contributed by atoms with E-state index in [1.807, 2.05) is 0 Å². The number of alkyl halides is 2. The van der Waals surface area contributed by atoms with Gasteiger partial charge in [-0.15, -0.1) is 11.8 Å². The smallest absolute Gasteiger partial charge is 0.112 e. The van der Waals surface area contributed by atoms with Crippen molar-refractivity contribution >= 4 is 11.8 Å². The lowest BCUT2D eigenvalue weighted by Crippen LogP contribution is -2.30. The van der Waals surface area contributed by atoms with Crippen molar-refractivity contribution in [3.05, 3.63) is 0 Å². The molecule has 2 fully saturated rings. The molecule has 15 heavy (non-hydrogen) atoms. The van der Waals surface area contributed by atoms with Gasteiger partial charge in [-0.3, -0.25) is 0 Å². The van der Waals surface area contributed by atoms with Crippen molar-refractivity contribution in [1.29, 1.82) is 0 Å². The Morgan fingerprint density at radius 2 is 1.07 bits per heavy atom. The summed E-state index contributed by atoms with van der Waals surface area (Å²) in [5.74, 6) is 0. The van der Waals surface area contributed by atoms with Crippen LogP contribution in [0.1, 0.15) is 51.4 Å². The van der Waals surface area contributed by atoms with E-state index in [1.165, 1.54) is 0 Å². The standard InChI is InChI=1S/C12H20F2S/c13-9-5-1-3-7-11(9)15-12-8-4-2-6-10(12)14/h9-12H,1-8H2. The molecule has 0 bridgehead atoms. The Balaban J connectivity index is 1.83. The van der Waals surface area contributed by atoms with Crippen LogP contribution in [0.15, 0.2) is 0 Å². The van der Waals surface area contributed by atoms with Gasteiger partial charge in [-0.1, -0.05) is 25.7 Å². The molecule has 0 spiro atoms. The SMILES string of the molecule is FC1CCCCC1SC1CCCCC1F. The van der Waals surface area contributed by atoms with Crippen LogP contribution in [0.2, 0.25) is 0 Å². The second-order valence-corrected chi connectivity index (χ2v) is 6.30. The van der Waals surface area contributed by atoms with E-state index in [9.17, 15) is 8.78 Å². The first kappa shape index (κ1) is 11.7. The monoisotopic (exact) mass is 234 g/mol. The summed E-state index contributed by atoms with van der Waals surface area (Å²) in [4.78, 5) is 0. The molecule has 2 aliphatic rings. The Morgan fingerprint density at radius 1 is 0.667 bits per heavy atom. The van der Waals surface area contributed by atoms with Crippen LogP contribution in [-0.2, 0) is 0 Å². The van der Waals surface area contributed by atoms with Crippen LogP contribution in [-0.4, -0.2) is 22.8 Å². The Hall–Kier alpha value is 0.210. The van der Waals surface area contributed by atoms with Crippen molar-refractivity contribution in [2.24, 2.45) is 0 Å². The van der Waals surface area contributed by atoms with E-state index in [2.05, 4.69) is 0 Å². The number of rotatable bonds is 2. The molecular formula is C12H20F2S. The molecule has 2 rings (SSSR count). The Morgan fingerprint density at radius 3 is 1.47 bits per heavy atom. The van der Waals surface area contributed by atoms with Crippen LogP contribution in [0.5, 0.6) is 0 Å². The molecule has 0 nitrogen and oxygen atoms in total. The second-order valence-electron chi connectivity index (χ2n) is 4.81. The predicted octanol–water partition coefficient (Wildman–Crippen LogP) is 4.28. The lowest BCUT2D eigenvalue weighted by Gasteiger charge is -2.32. The van der Waals surface area contributed by atoms with Gasteiger partial charge in [0.25, 0.3) is 0 Å². The molecule has 0 saturated heterocycles. The molecule has 2 saturated carbocycles. The topological polar surface area (TPSA) is 0 Å². The third-order valence-electron chi connectivity index (χ3n) is 3.59. The van der Waals surface area contributed by atoms with Gasteiger partial charge in [0.2, 0.25) is 0 Å². The fourth-order valence-corrected chi connectivity index (χ4v) is 4.30.